The average molecular weight is 513 g/mol. The van der Waals surface area contributed by atoms with Crippen molar-refractivity contribution in [3.8, 4) is 0 Å². The molecule has 1 aromatic rings. The van der Waals surface area contributed by atoms with Gasteiger partial charge >= 0.3 is 0 Å². The molecule has 3 fully saturated rings. The van der Waals surface area contributed by atoms with Crippen molar-refractivity contribution in [3.63, 3.8) is 0 Å². The maximum Gasteiger partial charge on any atom is 0.191 e. The summed E-state index contributed by atoms with van der Waals surface area (Å²) in [5.41, 5.74) is 1.39. The number of rotatable bonds is 4. The highest BCUT2D eigenvalue weighted by atomic mass is 127. The van der Waals surface area contributed by atoms with Crippen molar-refractivity contribution in [1.82, 2.24) is 15.6 Å². The first kappa shape index (κ1) is 22.6. The quantitative estimate of drug-likeness (QED) is 0.367. The van der Waals surface area contributed by atoms with E-state index in [4.69, 9.17) is 4.74 Å². The van der Waals surface area contributed by atoms with Crippen molar-refractivity contribution in [2.24, 2.45) is 16.3 Å². The van der Waals surface area contributed by atoms with E-state index < -0.39 is 0 Å². The molecule has 162 valence electrons. The Morgan fingerprint density at radius 2 is 2.03 bits per heavy atom. The van der Waals surface area contributed by atoms with E-state index in [0.717, 1.165) is 44.4 Å². The van der Waals surface area contributed by atoms with Crippen LogP contribution in [0.2, 0.25) is 0 Å². The number of aliphatic imine (C=N–C) groups is 1. The van der Waals surface area contributed by atoms with Crippen LogP contribution in [0.25, 0.3) is 0 Å². The summed E-state index contributed by atoms with van der Waals surface area (Å²) < 4.78 is 5.91. The lowest BCUT2D eigenvalue weighted by Gasteiger charge is -2.54. The maximum atomic E-state index is 5.91. The molecule has 29 heavy (non-hydrogen) atoms. The Bertz CT molecular complexity index is 702. The number of hydrogen-bond donors (Lipinski definition) is 2. The van der Waals surface area contributed by atoms with Crippen LogP contribution in [0.3, 0.4) is 0 Å². The van der Waals surface area contributed by atoms with Gasteiger partial charge in [0.2, 0.25) is 0 Å². The summed E-state index contributed by atoms with van der Waals surface area (Å²) in [5, 5.41) is 7.15. The van der Waals surface area contributed by atoms with E-state index in [-0.39, 0.29) is 29.4 Å². The summed E-state index contributed by atoms with van der Waals surface area (Å²) in [7, 11) is 1.85. The molecule has 0 spiro atoms. The fourth-order valence-electron chi connectivity index (χ4n) is 5.19. The molecule has 0 aromatic carbocycles. The first-order chi connectivity index (χ1) is 13.6. The molecule has 2 N–H and O–H groups in total. The van der Waals surface area contributed by atoms with Crippen molar-refractivity contribution < 1.29 is 4.74 Å². The van der Waals surface area contributed by atoms with Crippen LogP contribution in [0.4, 0.5) is 5.82 Å². The predicted molar refractivity (Wildman–Crippen MR) is 129 cm³/mol. The summed E-state index contributed by atoms with van der Waals surface area (Å²) >= 11 is 0. The van der Waals surface area contributed by atoms with Gasteiger partial charge in [0, 0.05) is 56.9 Å². The van der Waals surface area contributed by atoms with Gasteiger partial charge in [0.15, 0.2) is 5.96 Å². The summed E-state index contributed by atoms with van der Waals surface area (Å²) in [5.74, 6) is 2.58. The van der Waals surface area contributed by atoms with E-state index >= 15 is 0 Å². The third-order valence-corrected chi connectivity index (χ3v) is 6.82. The number of ether oxygens (including phenoxy) is 1. The van der Waals surface area contributed by atoms with Crippen LogP contribution in [0, 0.1) is 11.3 Å². The molecule has 3 unspecified atom stereocenters. The third kappa shape index (κ3) is 4.81. The fourth-order valence-corrected chi connectivity index (χ4v) is 5.19. The van der Waals surface area contributed by atoms with Gasteiger partial charge in [-0.15, -0.1) is 24.0 Å². The van der Waals surface area contributed by atoms with Crippen LogP contribution in [0.15, 0.2) is 23.3 Å². The number of hydrogen-bond acceptors (Lipinski definition) is 4. The monoisotopic (exact) mass is 513 g/mol. The molecule has 2 saturated heterocycles. The summed E-state index contributed by atoms with van der Waals surface area (Å²) in [6, 6.07) is 4.73. The molecule has 6 nitrogen and oxygen atoms in total. The molecule has 0 bridgehead atoms. The normalized spacial score (nSPS) is 28.6. The minimum Gasteiger partial charge on any atom is -0.377 e. The van der Waals surface area contributed by atoms with Gasteiger partial charge in [0.1, 0.15) is 5.82 Å². The molecule has 1 saturated carbocycles. The molecule has 7 heteroatoms. The Kier molecular flexibility index (Phi) is 7.64. The van der Waals surface area contributed by atoms with E-state index in [1.54, 1.807) is 0 Å². The van der Waals surface area contributed by atoms with Crippen LogP contribution >= 0.6 is 24.0 Å². The van der Waals surface area contributed by atoms with E-state index in [9.17, 15) is 0 Å². The molecular formula is C22H36IN5O. The second-order valence-electron chi connectivity index (χ2n) is 9.04. The first-order valence-electron chi connectivity index (χ1n) is 10.9. The summed E-state index contributed by atoms with van der Waals surface area (Å²) in [6.07, 6.45) is 8.68. The zero-order valence-corrected chi connectivity index (χ0v) is 20.3. The van der Waals surface area contributed by atoms with Gasteiger partial charge in [0.25, 0.3) is 0 Å². The van der Waals surface area contributed by atoms with Crippen LogP contribution in [-0.2, 0) is 11.3 Å². The van der Waals surface area contributed by atoms with Crippen molar-refractivity contribution in [1.29, 1.82) is 0 Å². The molecule has 2 aliphatic heterocycles. The Labute approximate surface area is 192 Å². The molecule has 0 amide bonds. The second-order valence-corrected chi connectivity index (χ2v) is 9.04. The van der Waals surface area contributed by atoms with Crippen LogP contribution in [-0.4, -0.2) is 49.8 Å². The number of halogens is 1. The van der Waals surface area contributed by atoms with Crippen molar-refractivity contribution in [2.75, 3.05) is 31.6 Å². The van der Waals surface area contributed by atoms with Gasteiger partial charge in [-0.2, -0.15) is 0 Å². The van der Waals surface area contributed by atoms with Gasteiger partial charge in [-0.05, 0) is 37.0 Å². The lowest BCUT2D eigenvalue weighted by molar-refractivity contribution is -0.106. The molecule has 3 heterocycles. The standard InChI is InChI=1S/C22H35N5O.HI/c1-22(2)19(17-9-13-28-20(17)22)26-21(23-3)25-15-16-8-10-24-18(14-16)27-11-6-4-5-7-12-27;/h8,10,14,17,19-20H,4-7,9,11-13,15H2,1-3H3,(H2,23,25,26);1H. The van der Waals surface area contributed by atoms with Crippen LogP contribution in [0.1, 0.15) is 51.5 Å². The van der Waals surface area contributed by atoms with E-state index in [2.05, 4.69) is 51.5 Å². The Balaban J connectivity index is 0.00000240. The highest BCUT2D eigenvalue weighted by molar-refractivity contribution is 14.0. The van der Waals surface area contributed by atoms with Crippen molar-refractivity contribution >= 4 is 35.8 Å². The fraction of sp³-hybridized carbons (Fsp3) is 0.727. The molecule has 0 radical (unpaired) electrons. The summed E-state index contributed by atoms with van der Waals surface area (Å²) in [4.78, 5) is 11.5. The van der Waals surface area contributed by atoms with E-state index in [0.29, 0.717) is 18.1 Å². The van der Waals surface area contributed by atoms with Crippen molar-refractivity contribution in [2.45, 2.75) is 64.6 Å². The molecule has 3 aliphatic rings. The van der Waals surface area contributed by atoms with Gasteiger partial charge in [-0.3, -0.25) is 4.99 Å². The number of nitrogens with one attached hydrogen (secondary N) is 2. The smallest absolute Gasteiger partial charge is 0.191 e. The average Bonchev–Trinajstić information content (AvgIpc) is 2.99. The number of guanidine groups is 1. The predicted octanol–water partition coefficient (Wildman–Crippen LogP) is 3.56. The summed E-state index contributed by atoms with van der Waals surface area (Å²) in [6.45, 7) is 8.46. The Hall–Kier alpha value is -1.09. The minimum absolute atomic E-state index is 0. The zero-order chi connectivity index (χ0) is 19.6. The number of fused-ring (bicyclic) bond motifs is 1. The second kappa shape index (κ2) is 9.81. The van der Waals surface area contributed by atoms with Gasteiger partial charge in [-0.1, -0.05) is 26.7 Å². The van der Waals surface area contributed by atoms with Crippen LogP contribution < -0.4 is 15.5 Å². The molecule has 1 aromatic heterocycles. The molecule has 3 atom stereocenters. The van der Waals surface area contributed by atoms with Gasteiger partial charge in [0.05, 0.1) is 6.10 Å². The van der Waals surface area contributed by atoms with Gasteiger partial charge in [-0.25, -0.2) is 4.98 Å². The van der Waals surface area contributed by atoms with Gasteiger partial charge < -0.3 is 20.3 Å². The zero-order valence-electron chi connectivity index (χ0n) is 18.0. The number of pyridine rings is 1. The maximum absolute atomic E-state index is 5.91. The molecular weight excluding hydrogens is 477 g/mol. The number of nitrogens with zero attached hydrogens (tertiary/aromatic N) is 3. The minimum atomic E-state index is 0. The number of anilines is 1. The molecule has 4 rings (SSSR count). The first-order valence-corrected chi connectivity index (χ1v) is 10.9. The SMILES string of the molecule is CN=C(NCc1ccnc(N2CCCCCC2)c1)NC1C2CCOC2C1(C)C.I. The van der Waals surface area contributed by atoms with Crippen molar-refractivity contribution in [3.05, 3.63) is 23.9 Å². The largest absolute Gasteiger partial charge is 0.377 e. The van der Waals surface area contributed by atoms with E-state index in [1.807, 2.05) is 13.2 Å². The highest BCUT2D eigenvalue weighted by Gasteiger charge is 2.59. The van der Waals surface area contributed by atoms with E-state index in [1.165, 1.54) is 31.2 Å². The van der Waals surface area contributed by atoms with Crippen LogP contribution in [0.5, 0.6) is 0 Å². The Morgan fingerprint density at radius 3 is 2.76 bits per heavy atom. The number of aromatic nitrogens is 1. The molecule has 1 aliphatic carbocycles. The highest BCUT2D eigenvalue weighted by Crippen LogP contribution is 2.52. The topological polar surface area (TPSA) is 61.8 Å². The lowest BCUT2D eigenvalue weighted by atomic mass is 9.57. The third-order valence-electron chi connectivity index (χ3n) is 6.82. The Morgan fingerprint density at radius 1 is 1.28 bits per heavy atom. The lowest BCUT2D eigenvalue weighted by Crippen LogP contribution is -2.67.